The van der Waals surface area contributed by atoms with Crippen LogP contribution in [0.3, 0.4) is 0 Å². The molecule has 1 unspecified atom stereocenters. The van der Waals surface area contributed by atoms with Crippen LogP contribution < -0.4 is 4.90 Å². The number of Topliss-reactive ketones (excluding diaryl/α,β-unsaturated/α-hetero) is 1. The first kappa shape index (κ1) is 24.3. The van der Waals surface area contributed by atoms with Gasteiger partial charge in [0.05, 0.1) is 26.8 Å². The summed E-state index contributed by atoms with van der Waals surface area (Å²) >= 11 is 1.27. The highest BCUT2D eigenvalue weighted by Crippen LogP contribution is 2.44. The number of nitro groups is 1. The molecule has 1 N–H and O–H groups in total. The van der Waals surface area contributed by atoms with Gasteiger partial charge < -0.3 is 5.11 Å². The molecule has 1 saturated heterocycles. The minimum absolute atomic E-state index is 0.0557. The second-order valence-electron chi connectivity index (χ2n) is 9.69. The lowest BCUT2D eigenvalue weighted by molar-refractivity contribution is -0.384. The van der Waals surface area contributed by atoms with Crippen LogP contribution in [0.1, 0.15) is 43.5 Å². The Morgan fingerprint density at radius 1 is 1.11 bits per heavy atom. The number of pyridine rings is 1. The van der Waals surface area contributed by atoms with Crippen LogP contribution in [0, 0.1) is 10.1 Å². The zero-order chi connectivity index (χ0) is 26.5. The number of aliphatic hydroxyl groups excluding tert-OH is 1. The first-order chi connectivity index (χ1) is 17.6. The second-order valence-corrected chi connectivity index (χ2v) is 10.7. The lowest BCUT2D eigenvalue weighted by Gasteiger charge is -2.22. The number of non-ortho nitro benzene ring substituents is 1. The fourth-order valence-electron chi connectivity index (χ4n) is 4.29. The number of hydrogen-bond donors (Lipinski definition) is 1. The summed E-state index contributed by atoms with van der Waals surface area (Å²) in [6.07, 6.45) is 3.07. The van der Waals surface area contributed by atoms with Gasteiger partial charge in [-0.1, -0.05) is 56.4 Å². The van der Waals surface area contributed by atoms with Gasteiger partial charge >= 0.3 is 5.91 Å². The number of amides is 1. The first-order valence-electron chi connectivity index (χ1n) is 11.4. The summed E-state index contributed by atoms with van der Waals surface area (Å²) < 4.78 is 0.855. The third-order valence-electron chi connectivity index (χ3n) is 6.22. The van der Waals surface area contributed by atoms with Gasteiger partial charge in [-0.25, -0.2) is 4.98 Å². The van der Waals surface area contributed by atoms with Crippen molar-refractivity contribution < 1.29 is 19.6 Å². The van der Waals surface area contributed by atoms with Gasteiger partial charge in [0.2, 0.25) is 0 Å². The van der Waals surface area contributed by atoms with Crippen molar-refractivity contribution in [3.05, 3.63) is 99.4 Å². The summed E-state index contributed by atoms with van der Waals surface area (Å²) in [5.41, 5.74) is 1.80. The maximum Gasteiger partial charge on any atom is 0.301 e. The molecule has 186 valence electrons. The van der Waals surface area contributed by atoms with Gasteiger partial charge in [-0.3, -0.25) is 29.6 Å². The van der Waals surface area contributed by atoms with Crippen LogP contribution >= 0.6 is 11.3 Å². The molecule has 9 nitrogen and oxygen atoms in total. The number of carbonyl (C=O) groups is 2. The van der Waals surface area contributed by atoms with Crippen LogP contribution in [0.15, 0.2) is 72.6 Å². The minimum Gasteiger partial charge on any atom is -0.507 e. The average molecular weight is 515 g/mol. The molecule has 3 heterocycles. The van der Waals surface area contributed by atoms with E-state index in [2.05, 4.69) is 30.7 Å². The number of nitro benzene ring substituents is 1. The average Bonchev–Trinajstić information content (AvgIpc) is 3.41. The van der Waals surface area contributed by atoms with Gasteiger partial charge in [-0.2, -0.15) is 0 Å². The van der Waals surface area contributed by atoms with Crippen molar-refractivity contribution >= 4 is 49.8 Å². The molecule has 0 bridgehead atoms. The summed E-state index contributed by atoms with van der Waals surface area (Å²) in [6.45, 7) is 6.31. The molecular weight excluding hydrogens is 492 g/mol. The predicted molar refractivity (Wildman–Crippen MR) is 140 cm³/mol. The molecule has 1 amide bonds. The second kappa shape index (κ2) is 8.90. The van der Waals surface area contributed by atoms with Gasteiger partial charge in [0, 0.05) is 30.1 Å². The number of fused-ring (bicyclic) bond motifs is 1. The molecule has 1 atom stereocenters. The molecule has 10 heteroatoms. The molecular formula is C27H22N4O5S. The third kappa shape index (κ3) is 4.25. The van der Waals surface area contributed by atoms with Crippen LogP contribution in [0.25, 0.3) is 16.0 Å². The van der Waals surface area contributed by atoms with E-state index in [9.17, 15) is 24.8 Å². The number of thiazole rings is 1. The number of rotatable bonds is 4. The predicted octanol–water partition coefficient (Wildman–Crippen LogP) is 5.52. The molecule has 0 spiro atoms. The molecule has 2 aromatic carbocycles. The van der Waals surface area contributed by atoms with E-state index in [4.69, 9.17) is 0 Å². The van der Waals surface area contributed by atoms with Gasteiger partial charge in [-0.05, 0) is 34.7 Å². The van der Waals surface area contributed by atoms with Crippen molar-refractivity contribution in [3.8, 4) is 0 Å². The van der Waals surface area contributed by atoms with Crippen LogP contribution in [0.2, 0.25) is 0 Å². The van der Waals surface area contributed by atoms with E-state index in [1.165, 1.54) is 40.6 Å². The van der Waals surface area contributed by atoms with Crippen molar-refractivity contribution in [1.82, 2.24) is 9.97 Å². The van der Waals surface area contributed by atoms with E-state index in [0.29, 0.717) is 16.2 Å². The lowest BCUT2D eigenvalue weighted by atomic mass is 9.87. The SMILES string of the molecule is CC(C)(C)c1ccc2nc(N3C(=O)C(=O)/C(=C(/O)c4cccc([N+](=O)[O-])c4)C3c3cccnc3)sc2c1. The van der Waals surface area contributed by atoms with Crippen LogP contribution in [-0.2, 0) is 15.0 Å². The van der Waals surface area contributed by atoms with Crippen molar-refractivity contribution in [2.24, 2.45) is 0 Å². The topological polar surface area (TPSA) is 127 Å². The van der Waals surface area contributed by atoms with Crippen LogP contribution in [0.4, 0.5) is 10.8 Å². The number of nitrogens with zero attached hydrogens (tertiary/aromatic N) is 4. The zero-order valence-electron chi connectivity index (χ0n) is 20.2. The number of aromatic nitrogens is 2. The van der Waals surface area contributed by atoms with E-state index in [-0.39, 0.29) is 22.2 Å². The molecule has 1 aliphatic heterocycles. The van der Waals surface area contributed by atoms with E-state index >= 15 is 0 Å². The Labute approximate surface area is 215 Å². The van der Waals surface area contributed by atoms with Crippen molar-refractivity contribution in [1.29, 1.82) is 0 Å². The molecule has 0 radical (unpaired) electrons. The maximum absolute atomic E-state index is 13.4. The Bertz CT molecular complexity index is 1600. The fourth-order valence-corrected chi connectivity index (χ4v) is 5.32. The Balaban J connectivity index is 1.70. The van der Waals surface area contributed by atoms with Crippen LogP contribution in [0.5, 0.6) is 0 Å². The van der Waals surface area contributed by atoms with E-state index in [1.807, 2.05) is 18.2 Å². The Hall–Kier alpha value is -4.44. The quantitative estimate of drug-likeness (QED) is 0.125. The molecule has 5 rings (SSSR count). The van der Waals surface area contributed by atoms with Gasteiger partial charge in [0.15, 0.2) is 5.13 Å². The normalized spacial score (nSPS) is 17.5. The van der Waals surface area contributed by atoms with Crippen molar-refractivity contribution in [2.45, 2.75) is 32.2 Å². The molecule has 2 aromatic heterocycles. The molecule has 1 aliphatic rings. The van der Waals surface area contributed by atoms with Crippen molar-refractivity contribution in [3.63, 3.8) is 0 Å². The summed E-state index contributed by atoms with van der Waals surface area (Å²) in [6, 6.07) is 13.5. The highest BCUT2D eigenvalue weighted by Gasteiger charge is 2.48. The van der Waals surface area contributed by atoms with E-state index < -0.39 is 28.4 Å². The van der Waals surface area contributed by atoms with Crippen molar-refractivity contribution in [2.75, 3.05) is 4.90 Å². The lowest BCUT2D eigenvalue weighted by Crippen LogP contribution is -2.29. The highest BCUT2D eigenvalue weighted by molar-refractivity contribution is 7.22. The standard InChI is InChI=1S/C27H22N4O5S/c1-27(2,3)17-9-10-19-20(13-17)37-26(29-19)30-22(16-7-5-11-28-14-16)21(24(33)25(30)34)23(32)15-6-4-8-18(12-15)31(35)36/h4-14,22,32H,1-3H3/b23-21+. The molecule has 37 heavy (non-hydrogen) atoms. The number of ketones is 1. The largest absolute Gasteiger partial charge is 0.507 e. The Morgan fingerprint density at radius 3 is 2.57 bits per heavy atom. The van der Waals surface area contributed by atoms with Crippen LogP contribution in [-0.4, -0.2) is 31.7 Å². The summed E-state index contributed by atoms with van der Waals surface area (Å²) in [5.74, 6) is -2.27. The fraction of sp³-hybridized carbons (Fsp3) is 0.185. The number of aliphatic hydroxyl groups is 1. The van der Waals surface area contributed by atoms with E-state index in [0.717, 1.165) is 16.3 Å². The molecule has 0 aliphatic carbocycles. The van der Waals surface area contributed by atoms with Gasteiger partial charge in [-0.15, -0.1) is 0 Å². The number of anilines is 1. The van der Waals surface area contributed by atoms with Gasteiger partial charge in [0.1, 0.15) is 5.76 Å². The summed E-state index contributed by atoms with van der Waals surface area (Å²) in [5, 5.41) is 22.8. The number of benzene rings is 2. The molecule has 0 saturated carbocycles. The monoisotopic (exact) mass is 514 g/mol. The van der Waals surface area contributed by atoms with E-state index in [1.54, 1.807) is 18.3 Å². The number of carbonyl (C=O) groups excluding carboxylic acids is 2. The maximum atomic E-state index is 13.4. The minimum atomic E-state index is -1.02. The summed E-state index contributed by atoms with van der Waals surface area (Å²) in [7, 11) is 0. The molecule has 4 aromatic rings. The summed E-state index contributed by atoms with van der Waals surface area (Å²) in [4.78, 5) is 47.4. The third-order valence-corrected chi connectivity index (χ3v) is 7.24. The Kier molecular flexibility index (Phi) is 5.83. The number of hydrogen-bond acceptors (Lipinski definition) is 8. The first-order valence-corrected chi connectivity index (χ1v) is 12.2. The smallest absolute Gasteiger partial charge is 0.301 e. The molecule has 1 fully saturated rings. The Morgan fingerprint density at radius 2 is 1.89 bits per heavy atom. The highest BCUT2D eigenvalue weighted by atomic mass is 32.1. The van der Waals surface area contributed by atoms with Gasteiger partial charge in [0.25, 0.3) is 11.5 Å². The zero-order valence-corrected chi connectivity index (χ0v) is 21.0.